The van der Waals surface area contributed by atoms with E-state index >= 15 is 0 Å². The molecule has 0 saturated carbocycles. The van der Waals surface area contributed by atoms with Crippen molar-refractivity contribution in [2.24, 2.45) is 0 Å². The number of anilines is 1. The van der Waals surface area contributed by atoms with Crippen molar-refractivity contribution < 1.29 is 32.4 Å². The molecular formula is C24H14BrF3N2O5S2. The number of thiocarbonyl (C=S) groups is 1. The second kappa shape index (κ2) is 10.5. The van der Waals surface area contributed by atoms with Crippen molar-refractivity contribution in [3.63, 3.8) is 0 Å². The molecule has 0 radical (unpaired) electrons. The van der Waals surface area contributed by atoms with Gasteiger partial charge in [0.25, 0.3) is 5.91 Å². The lowest BCUT2D eigenvalue weighted by molar-refractivity contribution is -0.385. The summed E-state index contributed by atoms with van der Waals surface area (Å²) in [5.41, 5.74) is -1.14. The third-order valence-electron chi connectivity index (χ3n) is 5.09. The number of carbonyl (C=O) groups is 1. The van der Waals surface area contributed by atoms with Crippen LogP contribution >= 0.6 is 39.9 Å². The summed E-state index contributed by atoms with van der Waals surface area (Å²) in [5.74, 6) is -0.0915. The quantitative estimate of drug-likeness (QED) is 0.123. The summed E-state index contributed by atoms with van der Waals surface area (Å²) >= 11 is 9.77. The minimum atomic E-state index is -4.76. The fraction of sp³-hybridized carbons (Fsp3) is 0.0833. The summed E-state index contributed by atoms with van der Waals surface area (Å²) in [6, 6.07) is 13.4. The highest BCUT2D eigenvalue weighted by Crippen LogP contribution is 2.41. The predicted octanol–water partition coefficient (Wildman–Crippen LogP) is 7.58. The van der Waals surface area contributed by atoms with Crippen molar-refractivity contribution in [3.05, 3.63) is 91.3 Å². The minimum absolute atomic E-state index is 0.0841. The fourth-order valence-corrected chi connectivity index (χ4v) is 5.00. The molecule has 0 spiro atoms. The van der Waals surface area contributed by atoms with Gasteiger partial charge in [0.05, 0.1) is 28.2 Å². The first-order valence-corrected chi connectivity index (χ1v) is 12.2. The molecule has 37 heavy (non-hydrogen) atoms. The number of rotatable bonds is 6. The molecule has 1 amide bonds. The van der Waals surface area contributed by atoms with Gasteiger partial charge in [-0.1, -0.05) is 39.9 Å². The SMILES string of the molecule is COc1ccc(N2C(=O)/C(=C/c3cc(Br)ccc3Oc3ccc(C(F)(F)F)cc3[N+](=O)[O-])SC2=S)cc1. The molecule has 1 aliphatic rings. The zero-order valence-electron chi connectivity index (χ0n) is 18.6. The van der Waals surface area contributed by atoms with Crippen LogP contribution in [0.2, 0.25) is 0 Å². The van der Waals surface area contributed by atoms with Crippen LogP contribution in [0.3, 0.4) is 0 Å². The first-order valence-electron chi connectivity index (χ1n) is 10.2. The van der Waals surface area contributed by atoms with Crippen molar-refractivity contribution in [1.82, 2.24) is 0 Å². The van der Waals surface area contributed by atoms with Crippen LogP contribution in [0.5, 0.6) is 17.2 Å². The Morgan fingerprint density at radius 1 is 1.08 bits per heavy atom. The maximum Gasteiger partial charge on any atom is 0.416 e. The van der Waals surface area contributed by atoms with Crippen molar-refractivity contribution in [2.75, 3.05) is 12.0 Å². The lowest BCUT2D eigenvalue weighted by Gasteiger charge is -2.15. The Labute approximate surface area is 226 Å². The molecule has 13 heteroatoms. The van der Waals surface area contributed by atoms with Gasteiger partial charge in [0, 0.05) is 16.1 Å². The number of halogens is 4. The molecule has 0 aliphatic carbocycles. The molecule has 0 N–H and O–H groups in total. The minimum Gasteiger partial charge on any atom is -0.497 e. The normalized spacial score (nSPS) is 14.8. The van der Waals surface area contributed by atoms with Crippen molar-refractivity contribution in [1.29, 1.82) is 0 Å². The largest absolute Gasteiger partial charge is 0.497 e. The summed E-state index contributed by atoms with van der Waals surface area (Å²) in [6.45, 7) is 0. The predicted molar refractivity (Wildman–Crippen MR) is 141 cm³/mol. The fourth-order valence-electron chi connectivity index (χ4n) is 3.33. The second-order valence-electron chi connectivity index (χ2n) is 7.44. The zero-order valence-corrected chi connectivity index (χ0v) is 21.8. The zero-order chi connectivity index (χ0) is 26.9. The molecule has 0 bridgehead atoms. The molecule has 1 heterocycles. The first-order chi connectivity index (χ1) is 17.5. The molecule has 0 atom stereocenters. The van der Waals surface area contributed by atoms with E-state index in [0.29, 0.717) is 33.6 Å². The number of ether oxygens (including phenoxy) is 2. The van der Waals surface area contributed by atoms with E-state index in [0.717, 1.165) is 17.8 Å². The van der Waals surface area contributed by atoms with Gasteiger partial charge in [-0.2, -0.15) is 13.2 Å². The number of nitrogens with zero attached hydrogens (tertiary/aromatic N) is 2. The Hall–Kier alpha value is -3.42. The van der Waals surface area contributed by atoms with Crippen LogP contribution in [0.15, 0.2) is 70.0 Å². The number of methoxy groups -OCH3 is 1. The highest BCUT2D eigenvalue weighted by atomic mass is 79.9. The van der Waals surface area contributed by atoms with Gasteiger partial charge in [-0.15, -0.1) is 0 Å². The second-order valence-corrected chi connectivity index (χ2v) is 10.0. The summed E-state index contributed by atoms with van der Waals surface area (Å²) < 4.78 is 50.9. The Kier molecular flexibility index (Phi) is 7.57. The average Bonchev–Trinajstić information content (AvgIpc) is 3.12. The molecule has 1 saturated heterocycles. The molecule has 3 aromatic rings. The Morgan fingerprint density at radius 3 is 2.38 bits per heavy atom. The molecule has 3 aromatic carbocycles. The van der Waals surface area contributed by atoms with Gasteiger partial charge in [0.2, 0.25) is 5.75 Å². The van der Waals surface area contributed by atoms with Crippen LogP contribution < -0.4 is 14.4 Å². The molecular weight excluding hydrogens is 597 g/mol. The number of hydrogen-bond donors (Lipinski definition) is 0. The number of nitro groups is 1. The average molecular weight is 611 g/mol. The van der Waals surface area contributed by atoms with Crippen LogP contribution in [-0.4, -0.2) is 22.3 Å². The lowest BCUT2D eigenvalue weighted by Crippen LogP contribution is -2.27. The number of amides is 1. The van der Waals surface area contributed by atoms with Crippen molar-refractivity contribution in [3.8, 4) is 17.2 Å². The van der Waals surface area contributed by atoms with E-state index in [1.807, 2.05) is 0 Å². The maximum absolute atomic E-state index is 13.2. The van der Waals surface area contributed by atoms with Gasteiger partial charge in [0.15, 0.2) is 4.32 Å². The first kappa shape index (κ1) is 26.6. The number of nitro benzene ring substituents is 1. The molecule has 0 unspecified atom stereocenters. The molecule has 4 rings (SSSR count). The van der Waals surface area contributed by atoms with Crippen molar-refractivity contribution in [2.45, 2.75) is 6.18 Å². The van der Waals surface area contributed by atoms with Crippen LogP contribution in [-0.2, 0) is 11.0 Å². The lowest BCUT2D eigenvalue weighted by atomic mass is 10.1. The molecule has 1 fully saturated rings. The van der Waals surface area contributed by atoms with Crippen molar-refractivity contribution >= 4 is 67.6 Å². The monoisotopic (exact) mass is 610 g/mol. The Bertz CT molecular complexity index is 1450. The van der Waals surface area contributed by atoms with Gasteiger partial charge >= 0.3 is 11.9 Å². The highest BCUT2D eigenvalue weighted by molar-refractivity contribution is 9.10. The molecule has 0 aromatic heterocycles. The van der Waals surface area contributed by atoms with E-state index in [2.05, 4.69) is 15.9 Å². The van der Waals surface area contributed by atoms with E-state index < -0.39 is 28.3 Å². The third-order valence-corrected chi connectivity index (χ3v) is 6.88. The highest BCUT2D eigenvalue weighted by Gasteiger charge is 2.35. The van der Waals surface area contributed by atoms with E-state index in [1.54, 1.807) is 36.4 Å². The van der Waals surface area contributed by atoms with E-state index in [9.17, 15) is 28.1 Å². The number of carbonyl (C=O) groups excluding carboxylic acids is 1. The van der Waals surface area contributed by atoms with E-state index in [1.165, 1.54) is 24.2 Å². The third kappa shape index (κ3) is 5.78. The Morgan fingerprint density at radius 2 is 1.76 bits per heavy atom. The van der Waals surface area contributed by atoms with Gasteiger partial charge in [0.1, 0.15) is 11.5 Å². The smallest absolute Gasteiger partial charge is 0.416 e. The van der Waals surface area contributed by atoms with Crippen LogP contribution in [0.25, 0.3) is 6.08 Å². The standard InChI is InChI=1S/C24H14BrF3N2O5S2/c1-34-17-6-4-16(5-7-17)29-22(31)21(37-23(29)36)11-13-10-15(25)3-9-19(13)35-20-8-2-14(24(26,27)28)12-18(20)30(32)33/h2-12H,1H3/b21-11-. The number of alkyl halides is 3. The van der Waals surface area contributed by atoms with Crippen LogP contribution in [0.4, 0.5) is 24.5 Å². The van der Waals surface area contributed by atoms with Gasteiger partial charge in [-0.3, -0.25) is 19.8 Å². The molecule has 7 nitrogen and oxygen atoms in total. The molecule has 1 aliphatic heterocycles. The summed E-state index contributed by atoms with van der Waals surface area (Å²) in [6.07, 6.45) is -3.26. The van der Waals surface area contributed by atoms with E-state index in [-0.39, 0.29) is 20.7 Å². The van der Waals surface area contributed by atoms with Gasteiger partial charge in [-0.05, 0) is 60.7 Å². The van der Waals surface area contributed by atoms with E-state index in [4.69, 9.17) is 21.7 Å². The number of hydrogen-bond acceptors (Lipinski definition) is 7. The maximum atomic E-state index is 13.2. The summed E-state index contributed by atoms with van der Waals surface area (Å²) in [5, 5.41) is 11.5. The van der Waals surface area contributed by atoms with Gasteiger partial charge in [-0.25, -0.2) is 0 Å². The van der Waals surface area contributed by atoms with Crippen LogP contribution in [0, 0.1) is 10.1 Å². The summed E-state index contributed by atoms with van der Waals surface area (Å²) in [7, 11) is 1.52. The topological polar surface area (TPSA) is 81.9 Å². The van der Waals surface area contributed by atoms with Gasteiger partial charge < -0.3 is 9.47 Å². The number of thioether (sulfide) groups is 1. The summed E-state index contributed by atoms with van der Waals surface area (Å²) in [4.78, 5) is 25.3. The van der Waals surface area contributed by atoms with Crippen LogP contribution in [0.1, 0.15) is 11.1 Å². The molecule has 190 valence electrons. The number of benzene rings is 3. The Balaban J connectivity index is 1.69.